The van der Waals surface area contributed by atoms with Gasteiger partial charge in [-0.25, -0.2) is 0 Å². The molecule has 40 heavy (non-hydrogen) atoms. The molecule has 2 aliphatic heterocycles. The van der Waals surface area contributed by atoms with Gasteiger partial charge in [0.1, 0.15) is 11.7 Å². The minimum atomic E-state index is -0.506. The second-order valence-corrected chi connectivity index (χ2v) is 10.3. The second kappa shape index (κ2) is 11.0. The Balaban J connectivity index is 1.26. The quantitative estimate of drug-likeness (QED) is 0.240. The lowest BCUT2D eigenvalue weighted by molar-refractivity contribution is -0.114. The number of amidine groups is 2. The van der Waals surface area contributed by atoms with Gasteiger partial charge in [-0.05, 0) is 64.9 Å². The molecule has 0 saturated heterocycles. The minimum absolute atomic E-state index is 0.0567. The van der Waals surface area contributed by atoms with Crippen molar-refractivity contribution < 1.29 is 14.3 Å². The van der Waals surface area contributed by atoms with Gasteiger partial charge in [-0.2, -0.15) is 15.1 Å². The zero-order valence-corrected chi connectivity index (χ0v) is 23.0. The summed E-state index contributed by atoms with van der Waals surface area (Å²) in [5.41, 5.74) is 2.59. The van der Waals surface area contributed by atoms with Gasteiger partial charge in [0.15, 0.2) is 17.3 Å². The molecule has 2 heterocycles. The molecule has 0 saturated carbocycles. The number of carbonyl (C=O) groups is 1. The third-order valence-electron chi connectivity index (χ3n) is 6.40. The largest absolute Gasteiger partial charge is 0.490 e. The third-order valence-corrected chi connectivity index (χ3v) is 7.67. The van der Waals surface area contributed by atoms with Crippen molar-refractivity contribution in [3.63, 3.8) is 0 Å². The van der Waals surface area contributed by atoms with Gasteiger partial charge in [-0.3, -0.25) is 10.2 Å². The summed E-state index contributed by atoms with van der Waals surface area (Å²) in [5, 5.41) is 18.3. The topological polar surface area (TPSA) is 87.3 Å². The summed E-state index contributed by atoms with van der Waals surface area (Å²) >= 11 is 7.54. The third kappa shape index (κ3) is 4.99. The molecule has 4 aromatic carbocycles. The normalized spacial score (nSPS) is 15.8. The number of ether oxygens (including phenoxy) is 2. The molecule has 0 fully saturated rings. The molecule has 6 rings (SSSR count). The number of hydrogen-bond acceptors (Lipinski definition) is 6. The van der Waals surface area contributed by atoms with Crippen LogP contribution in [0.5, 0.6) is 11.5 Å². The number of benzene rings is 4. The Morgan fingerprint density at radius 2 is 1.77 bits per heavy atom. The molecule has 9 heteroatoms. The van der Waals surface area contributed by atoms with Crippen molar-refractivity contribution in [2.24, 2.45) is 10.1 Å². The van der Waals surface area contributed by atoms with Gasteiger partial charge in [0, 0.05) is 5.56 Å². The van der Waals surface area contributed by atoms with Crippen molar-refractivity contribution >= 4 is 62.2 Å². The Kier molecular flexibility index (Phi) is 7.11. The highest BCUT2D eigenvalue weighted by molar-refractivity contribution is 8.27. The summed E-state index contributed by atoms with van der Waals surface area (Å²) in [6, 6.07) is 27.1. The smallest absolute Gasteiger partial charge is 0.283 e. The van der Waals surface area contributed by atoms with Crippen LogP contribution in [0.4, 0.5) is 0 Å². The number of amides is 1. The summed E-state index contributed by atoms with van der Waals surface area (Å²) in [7, 11) is 0. The summed E-state index contributed by atoms with van der Waals surface area (Å²) in [4.78, 5) is 17.1. The first-order valence-corrected chi connectivity index (χ1v) is 13.8. The van der Waals surface area contributed by atoms with Gasteiger partial charge >= 0.3 is 0 Å². The number of nitrogens with zero attached hydrogens (tertiary/aromatic N) is 3. The SMILES string of the molecule is CCOc1cc(C=C2C(=N)N3N=C(c4ccccc4Cl)SC3=NC2=O)ccc1OCc1cccc2ccccc12. The molecule has 0 atom stereocenters. The van der Waals surface area contributed by atoms with E-state index < -0.39 is 5.91 Å². The number of carbonyl (C=O) groups excluding carboxylic acids is 1. The average Bonchev–Trinajstić information content (AvgIpc) is 3.39. The van der Waals surface area contributed by atoms with E-state index in [2.05, 4.69) is 28.3 Å². The fraction of sp³-hybridized carbons (Fsp3) is 0.0968. The van der Waals surface area contributed by atoms with E-state index in [1.165, 1.54) is 16.8 Å². The average molecular weight is 567 g/mol. The molecule has 1 N–H and O–H groups in total. The van der Waals surface area contributed by atoms with E-state index in [1.807, 2.05) is 61.5 Å². The van der Waals surface area contributed by atoms with Crippen molar-refractivity contribution in [2.75, 3.05) is 6.61 Å². The van der Waals surface area contributed by atoms with Crippen molar-refractivity contribution in [3.05, 3.63) is 112 Å². The molecular weight excluding hydrogens is 544 g/mol. The Morgan fingerprint density at radius 3 is 2.62 bits per heavy atom. The van der Waals surface area contributed by atoms with Gasteiger partial charge in [0.2, 0.25) is 5.17 Å². The van der Waals surface area contributed by atoms with Gasteiger partial charge in [0.05, 0.1) is 17.2 Å². The maximum Gasteiger partial charge on any atom is 0.283 e. The Morgan fingerprint density at radius 1 is 0.975 bits per heavy atom. The minimum Gasteiger partial charge on any atom is -0.490 e. The lowest BCUT2D eigenvalue weighted by Gasteiger charge is -2.20. The molecule has 0 spiro atoms. The van der Waals surface area contributed by atoms with E-state index >= 15 is 0 Å². The van der Waals surface area contributed by atoms with Crippen LogP contribution < -0.4 is 9.47 Å². The molecule has 1 amide bonds. The zero-order valence-electron chi connectivity index (χ0n) is 21.4. The van der Waals surface area contributed by atoms with Crippen LogP contribution in [0.25, 0.3) is 16.8 Å². The number of fused-ring (bicyclic) bond motifs is 2. The lowest BCUT2D eigenvalue weighted by Crippen LogP contribution is -2.35. The maximum absolute atomic E-state index is 12.9. The molecule has 0 bridgehead atoms. The zero-order chi connectivity index (χ0) is 27.6. The van der Waals surface area contributed by atoms with Crippen molar-refractivity contribution in [1.29, 1.82) is 5.41 Å². The summed E-state index contributed by atoms with van der Waals surface area (Å²) in [6.45, 7) is 2.72. The second-order valence-electron chi connectivity index (χ2n) is 8.97. The summed E-state index contributed by atoms with van der Waals surface area (Å²) in [6.07, 6.45) is 1.62. The van der Waals surface area contributed by atoms with E-state index in [1.54, 1.807) is 18.2 Å². The number of rotatable bonds is 7. The maximum atomic E-state index is 12.9. The van der Waals surface area contributed by atoms with Crippen LogP contribution in [-0.2, 0) is 11.4 Å². The van der Waals surface area contributed by atoms with E-state index in [4.69, 9.17) is 26.5 Å². The van der Waals surface area contributed by atoms with Crippen LogP contribution in [-0.4, -0.2) is 33.6 Å². The van der Waals surface area contributed by atoms with Crippen LogP contribution in [0.3, 0.4) is 0 Å². The highest BCUT2D eigenvalue weighted by atomic mass is 35.5. The molecule has 0 unspecified atom stereocenters. The number of aliphatic imine (C=N–C) groups is 1. The van der Waals surface area contributed by atoms with Gasteiger partial charge in [0.25, 0.3) is 5.91 Å². The Bertz CT molecular complexity index is 1760. The van der Waals surface area contributed by atoms with Crippen LogP contribution in [0.1, 0.15) is 23.6 Å². The number of halogens is 1. The fourth-order valence-corrected chi connectivity index (χ4v) is 5.69. The van der Waals surface area contributed by atoms with E-state index in [9.17, 15) is 4.79 Å². The fourth-order valence-electron chi connectivity index (χ4n) is 4.48. The first-order valence-electron chi connectivity index (χ1n) is 12.6. The van der Waals surface area contributed by atoms with Crippen LogP contribution in [0.15, 0.2) is 101 Å². The van der Waals surface area contributed by atoms with Gasteiger partial charge < -0.3 is 9.47 Å². The van der Waals surface area contributed by atoms with Gasteiger partial charge in [-0.1, -0.05) is 78.3 Å². The molecule has 7 nitrogen and oxygen atoms in total. The summed E-state index contributed by atoms with van der Waals surface area (Å²) in [5.74, 6) is 0.575. The predicted octanol–water partition coefficient (Wildman–Crippen LogP) is 7.14. The summed E-state index contributed by atoms with van der Waals surface area (Å²) < 4.78 is 12.0. The highest BCUT2D eigenvalue weighted by Crippen LogP contribution is 2.35. The van der Waals surface area contributed by atoms with Crippen LogP contribution in [0, 0.1) is 5.41 Å². The molecule has 0 radical (unpaired) electrons. The van der Waals surface area contributed by atoms with Crippen LogP contribution in [0.2, 0.25) is 5.02 Å². The molecule has 0 aliphatic carbocycles. The number of thioether (sulfide) groups is 1. The molecule has 4 aromatic rings. The first kappa shape index (κ1) is 25.9. The van der Waals surface area contributed by atoms with Crippen molar-refractivity contribution in [2.45, 2.75) is 13.5 Å². The van der Waals surface area contributed by atoms with Crippen LogP contribution >= 0.6 is 23.4 Å². The molecular formula is C31H23ClN4O3S. The molecule has 0 aromatic heterocycles. The molecule has 2 aliphatic rings. The van der Waals surface area contributed by atoms with Gasteiger partial charge in [-0.15, -0.1) is 0 Å². The van der Waals surface area contributed by atoms with E-state index in [0.29, 0.717) is 45.5 Å². The van der Waals surface area contributed by atoms with Crippen molar-refractivity contribution in [3.8, 4) is 11.5 Å². The van der Waals surface area contributed by atoms with E-state index in [-0.39, 0.29) is 11.4 Å². The Labute approximate surface area is 240 Å². The highest BCUT2D eigenvalue weighted by Gasteiger charge is 2.36. The molecule has 198 valence electrons. The standard InChI is InChI=1S/C31H23ClN4O3S/c1-2-38-27-17-19(14-15-26(27)39-18-21-10-7-9-20-8-3-4-11-22(20)21)16-24-28(33)36-31(34-29(24)37)40-30(35-36)23-12-5-6-13-25(23)32/h3-17,33H,2,18H2,1H3. The number of nitrogens with one attached hydrogen (secondary N) is 1. The number of hydrazone groups is 1. The number of hydrogen-bond donors (Lipinski definition) is 1. The van der Waals surface area contributed by atoms with E-state index in [0.717, 1.165) is 21.9 Å². The monoisotopic (exact) mass is 566 g/mol. The predicted molar refractivity (Wildman–Crippen MR) is 161 cm³/mol. The Hall–Kier alpha value is -4.40. The van der Waals surface area contributed by atoms with Crippen molar-refractivity contribution in [1.82, 2.24) is 5.01 Å². The first-order chi connectivity index (χ1) is 19.5. The lowest BCUT2D eigenvalue weighted by atomic mass is 10.1.